The van der Waals surface area contributed by atoms with Gasteiger partial charge in [-0.05, 0) is 36.1 Å². The molecule has 1 amide bonds. The molecule has 0 saturated carbocycles. The van der Waals surface area contributed by atoms with Crippen LogP contribution in [0, 0.1) is 6.92 Å². The number of fused-ring (bicyclic) bond motifs is 1. The Morgan fingerprint density at radius 2 is 2.12 bits per heavy atom. The zero-order chi connectivity index (χ0) is 17.8. The largest absolute Gasteiger partial charge is 0.468 e. The highest BCUT2D eigenvalue weighted by Crippen LogP contribution is 2.21. The number of amides is 1. The lowest BCUT2D eigenvalue weighted by atomic mass is 10.2. The average Bonchev–Trinajstić information content (AvgIpc) is 3.22. The summed E-state index contributed by atoms with van der Waals surface area (Å²) in [5, 5.41) is 1.94. The van der Waals surface area contributed by atoms with Gasteiger partial charge in [-0.15, -0.1) is 11.3 Å². The molecule has 25 heavy (non-hydrogen) atoms. The van der Waals surface area contributed by atoms with Gasteiger partial charge < -0.3 is 9.30 Å². The van der Waals surface area contributed by atoms with Crippen LogP contribution in [0.15, 0.2) is 46.8 Å². The molecule has 5 nitrogen and oxygen atoms in total. The average molecular weight is 372 g/mol. The number of aromatic nitrogens is 1. The van der Waals surface area contributed by atoms with Crippen LogP contribution < -0.4 is 4.80 Å². The summed E-state index contributed by atoms with van der Waals surface area (Å²) in [5.74, 6) is -0.748. The van der Waals surface area contributed by atoms with Crippen molar-refractivity contribution in [2.24, 2.45) is 4.99 Å². The van der Waals surface area contributed by atoms with Crippen molar-refractivity contribution < 1.29 is 14.3 Å². The van der Waals surface area contributed by atoms with E-state index in [4.69, 9.17) is 4.74 Å². The Hall–Kier alpha value is -2.51. The zero-order valence-electron chi connectivity index (χ0n) is 13.8. The van der Waals surface area contributed by atoms with E-state index in [1.54, 1.807) is 22.0 Å². The predicted molar refractivity (Wildman–Crippen MR) is 100 cm³/mol. The van der Waals surface area contributed by atoms with Crippen molar-refractivity contribution in [3.63, 3.8) is 0 Å². The van der Waals surface area contributed by atoms with E-state index in [2.05, 4.69) is 4.99 Å². The van der Waals surface area contributed by atoms with Gasteiger partial charge in [0, 0.05) is 11.0 Å². The van der Waals surface area contributed by atoms with Gasteiger partial charge in [0.1, 0.15) is 6.54 Å². The molecule has 0 bridgehead atoms. The molecule has 3 rings (SSSR count). The Labute approximate surface area is 152 Å². The van der Waals surface area contributed by atoms with Crippen LogP contribution in [0.25, 0.3) is 16.3 Å². The first-order chi connectivity index (χ1) is 12.1. The number of ether oxygens (including phenoxy) is 1. The van der Waals surface area contributed by atoms with Crippen molar-refractivity contribution in [1.29, 1.82) is 0 Å². The van der Waals surface area contributed by atoms with Crippen LogP contribution >= 0.6 is 22.7 Å². The third-order valence-electron chi connectivity index (χ3n) is 3.56. The van der Waals surface area contributed by atoms with Crippen LogP contribution in [0.5, 0.6) is 0 Å². The molecule has 0 aliphatic heterocycles. The topological polar surface area (TPSA) is 60.7 Å². The van der Waals surface area contributed by atoms with Crippen LogP contribution in [-0.2, 0) is 20.9 Å². The second kappa shape index (κ2) is 7.58. The van der Waals surface area contributed by atoms with Gasteiger partial charge in [0.15, 0.2) is 4.80 Å². The van der Waals surface area contributed by atoms with Gasteiger partial charge in [0.05, 0.1) is 17.3 Å². The predicted octanol–water partition coefficient (Wildman–Crippen LogP) is 3.39. The Morgan fingerprint density at radius 3 is 2.84 bits per heavy atom. The molecule has 128 valence electrons. The summed E-state index contributed by atoms with van der Waals surface area (Å²) < 4.78 is 7.48. The van der Waals surface area contributed by atoms with Crippen molar-refractivity contribution in [2.75, 3.05) is 7.11 Å². The molecule has 3 aromatic rings. The number of rotatable bonds is 4. The molecular formula is C18H16N2O3S2. The molecule has 2 heterocycles. The van der Waals surface area contributed by atoms with Crippen molar-refractivity contribution in [3.8, 4) is 0 Å². The first-order valence-electron chi connectivity index (χ1n) is 7.54. The number of methoxy groups -OCH3 is 1. The second-order valence-corrected chi connectivity index (χ2v) is 7.26. The highest BCUT2D eigenvalue weighted by Gasteiger charge is 2.12. The summed E-state index contributed by atoms with van der Waals surface area (Å²) >= 11 is 2.93. The van der Waals surface area contributed by atoms with Gasteiger partial charge in [-0.3, -0.25) is 9.59 Å². The number of thiazole rings is 1. The molecule has 0 radical (unpaired) electrons. The van der Waals surface area contributed by atoms with Crippen molar-refractivity contribution >= 4 is 50.8 Å². The third kappa shape index (κ3) is 3.94. The lowest BCUT2D eigenvalue weighted by Crippen LogP contribution is -2.22. The van der Waals surface area contributed by atoms with Crippen LogP contribution in [0.2, 0.25) is 0 Å². The summed E-state index contributed by atoms with van der Waals surface area (Å²) in [6.07, 6.45) is 3.17. The van der Waals surface area contributed by atoms with Crippen LogP contribution in [0.4, 0.5) is 0 Å². The smallest absolute Gasteiger partial charge is 0.325 e. The number of carbonyl (C=O) groups excluding carboxylic acids is 2. The minimum atomic E-state index is -0.383. The van der Waals surface area contributed by atoms with Crippen molar-refractivity contribution in [3.05, 3.63) is 57.0 Å². The summed E-state index contributed by atoms with van der Waals surface area (Å²) in [6, 6.07) is 9.70. The fraction of sp³-hybridized carbons (Fsp3) is 0.167. The number of para-hydroxylation sites is 1. The third-order valence-corrected chi connectivity index (χ3v) is 5.44. The van der Waals surface area contributed by atoms with Crippen molar-refractivity contribution in [1.82, 2.24) is 4.57 Å². The molecule has 7 heteroatoms. The van der Waals surface area contributed by atoms with Gasteiger partial charge in [-0.25, -0.2) is 0 Å². The highest BCUT2D eigenvalue weighted by molar-refractivity contribution is 7.16. The number of hydrogen-bond donors (Lipinski definition) is 0. The van der Waals surface area contributed by atoms with E-state index in [0.29, 0.717) is 4.80 Å². The molecule has 1 aromatic carbocycles. The van der Waals surface area contributed by atoms with Gasteiger partial charge >= 0.3 is 5.97 Å². The van der Waals surface area contributed by atoms with E-state index in [1.165, 1.54) is 24.5 Å². The number of thiophene rings is 1. The van der Waals surface area contributed by atoms with E-state index < -0.39 is 0 Å². The monoisotopic (exact) mass is 372 g/mol. The molecule has 0 unspecified atom stereocenters. The maximum absolute atomic E-state index is 12.2. The lowest BCUT2D eigenvalue weighted by Gasteiger charge is -2.05. The first kappa shape index (κ1) is 17.3. The maximum atomic E-state index is 12.2. The normalized spacial score (nSPS) is 12.2. The Morgan fingerprint density at radius 1 is 1.28 bits per heavy atom. The van der Waals surface area contributed by atoms with Crippen LogP contribution in [0.3, 0.4) is 0 Å². The maximum Gasteiger partial charge on any atom is 0.325 e. The minimum absolute atomic E-state index is 0.0160. The first-order valence-corrected chi connectivity index (χ1v) is 9.24. The summed E-state index contributed by atoms with van der Waals surface area (Å²) in [7, 11) is 1.34. The number of carbonyl (C=O) groups is 2. The van der Waals surface area contributed by atoms with Crippen LogP contribution in [0.1, 0.15) is 10.4 Å². The van der Waals surface area contributed by atoms with Gasteiger partial charge in [-0.1, -0.05) is 29.5 Å². The Kier molecular flexibility index (Phi) is 5.25. The second-order valence-electron chi connectivity index (χ2n) is 5.27. The number of hydrogen-bond acceptors (Lipinski definition) is 5. The summed E-state index contributed by atoms with van der Waals surface area (Å²) in [6.45, 7) is 1.98. The minimum Gasteiger partial charge on any atom is -0.468 e. The summed E-state index contributed by atoms with van der Waals surface area (Å²) in [5.41, 5.74) is 1.91. The Balaban J connectivity index is 2.05. The van der Waals surface area contributed by atoms with Gasteiger partial charge in [0.2, 0.25) is 0 Å². The fourth-order valence-corrected chi connectivity index (χ4v) is 4.13. The highest BCUT2D eigenvalue weighted by atomic mass is 32.1. The molecule has 0 atom stereocenters. The van der Waals surface area contributed by atoms with Gasteiger partial charge in [-0.2, -0.15) is 4.99 Å². The molecule has 0 aliphatic rings. The fourth-order valence-electron chi connectivity index (χ4n) is 2.40. The molecular weight excluding hydrogens is 356 g/mol. The lowest BCUT2D eigenvalue weighted by molar-refractivity contribution is -0.141. The molecule has 0 aliphatic carbocycles. The standard InChI is InChI=1S/C18H16N2O3S2/c1-12-5-3-7-14-17(12)20(11-16(22)23-2)18(25-14)19-15(21)9-8-13-6-4-10-24-13/h3-10H,11H2,1-2H3/b9-8+,19-18?. The van der Waals surface area contributed by atoms with Crippen molar-refractivity contribution in [2.45, 2.75) is 13.5 Å². The van der Waals surface area contributed by atoms with E-state index >= 15 is 0 Å². The van der Waals surface area contributed by atoms with E-state index in [0.717, 1.165) is 20.7 Å². The van der Waals surface area contributed by atoms with Crippen LogP contribution in [-0.4, -0.2) is 23.6 Å². The summed E-state index contributed by atoms with van der Waals surface area (Å²) in [4.78, 5) is 29.6. The van der Waals surface area contributed by atoms with E-state index in [9.17, 15) is 9.59 Å². The zero-order valence-corrected chi connectivity index (χ0v) is 15.4. The number of aryl methyl sites for hydroxylation is 1. The molecule has 2 aromatic heterocycles. The van der Waals surface area contributed by atoms with Gasteiger partial charge in [0.25, 0.3) is 5.91 Å². The Bertz CT molecular complexity index is 1010. The number of nitrogens with zero attached hydrogens (tertiary/aromatic N) is 2. The molecule has 0 saturated heterocycles. The molecule has 0 spiro atoms. The molecule has 0 N–H and O–H groups in total. The number of benzene rings is 1. The molecule has 0 fully saturated rings. The van der Waals surface area contributed by atoms with E-state index in [1.807, 2.05) is 42.6 Å². The SMILES string of the molecule is COC(=O)Cn1c(=NC(=O)/C=C/c2cccs2)sc2cccc(C)c21. The quantitative estimate of drug-likeness (QED) is 0.521. The van der Waals surface area contributed by atoms with E-state index in [-0.39, 0.29) is 18.4 Å². The number of esters is 1.